The van der Waals surface area contributed by atoms with Crippen molar-refractivity contribution in [3.8, 4) is 11.5 Å². The van der Waals surface area contributed by atoms with Gasteiger partial charge in [-0.05, 0) is 73.3 Å². The highest BCUT2D eigenvalue weighted by Crippen LogP contribution is 2.34. The summed E-state index contributed by atoms with van der Waals surface area (Å²) in [5.74, 6) is 1.45. The van der Waals surface area contributed by atoms with Crippen LogP contribution in [-0.2, 0) is 0 Å². The second-order valence-corrected chi connectivity index (χ2v) is 5.77. The zero-order chi connectivity index (χ0) is 15.1. The van der Waals surface area contributed by atoms with Gasteiger partial charge in [-0.25, -0.2) is 0 Å². The van der Waals surface area contributed by atoms with Crippen LogP contribution in [0.5, 0.6) is 11.5 Å². The molecule has 0 aliphatic carbocycles. The Morgan fingerprint density at radius 2 is 2.25 bits per heavy atom. The quantitative estimate of drug-likeness (QED) is 0.329. The molecule has 0 saturated carbocycles. The summed E-state index contributed by atoms with van der Waals surface area (Å²) < 4.78 is 12.4. The Bertz CT molecular complexity index is 507. The first-order valence-electron chi connectivity index (χ1n) is 6.15. The SMILES string of the molecule is CCOc1cc(C=NNC(N)=S)cc(I)c1OC(C)C. The van der Waals surface area contributed by atoms with Crippen molar-refractivity contribution in [3.05, 3.63) is 21.3 Å². The van der Waals surface area contributed by atoms with Crippen LogP contribution >= 0.6 is 34.8 Å². The number of benzene rings is 1. The largest absolute Gasteiger partial charge is 0.490 e. The monoisotopic (exact) mass is 407 g/mol. The first-order valence-corrected chi connectivity index (χ1v) is 7.64. The molecular formula is C13H18IN3O2S. The van der Waals surface area contributed by atoms with Gasteiger partial charge in [0.15, 0.2) is 16.6 Å². The first kappa shape index (κ1) is 17.0. The third-order valence-corrected chi connectivity index (χ3v) is 2.97. The van der Waals surface area contributed by atoms with Crippen molar-refractivity contribution < 1.29 is 9.47 Å². The second-order valence-electron chi connectivity index (χ2n) is 4.16. The van der Waals surface area contributed by atoms with Crippen LogP contribution in [0.3, 0.4) is 0 Å². The molecule has 0 radical (unpaired) electrons. The van der Waals surface area contributed by atoms with Gasteiger partial charge in [-0.1, -0.05) is 0 Å². The van der Waals surface area contributed by atoms with E-state index in [1.165, 1.54) is 0 Å². The number of halogens is 1. The van der Waals surface area contributed by atoms with Crippen molar-refractivity contribution in [2.45, 2.75) is 26.9 Å². The molecule has 0 heterocycles. The Kier molecular flexibility index (Phi) is 7.00. The molecule has 5 nitrogen and oxygen atoms in total. The molecule has 0 spiro atoms. The van der Waals surface area contributed by atoms with Crippen LogP contribution in [0.25, 0.3) is 0 Å². The highest BCUT2D eigenvalue weighted by atomic mass is 127. The van der Waals surface area contributed by atoms with E-state index in [0.29, 0.717) is 12.4 Å². The highest BCUT2D eigenvalue weighted by Gasteiger charge is 2.13. The molecule has 0 atom stereocenters. The first-order chi connectivity index (χ1) is 9.43. The summed E-state index contributed by atoms with van der Waals surface area (Å²) in [7, 11) is 0. The van der Waals surface area contributed by atoms with Crippen LogP contribution in [-0.4, -0.2) is 24.0 Å². The van der Waals surface area contributed by atoms with Crippen LogP contribution in [0.2, 0.25) is 0 Å². The molecule has 20 heavy (non-hydrogen) atoms. The Morgan fingerprint density at radius 3 is 2.80 bits per heavy atom. The average Bonchev–Trinajstić information content (AvgIpc) is 2.33. The molecule has 0 aromatic heterocycles. The summed E-state index contributed by atoms with van der Waals surface area (Å²) in [5.41, 5.74) is 8.69. The summed E-state index contributed by atoms with van der Waals surface area (Å²) in [4.78, 5) is 0. The number of hydrogen-bond donors (Lipinski definition) is 2. The van der Waals surface area contributed by atoms with E-state index in [1.54, 1.807) is 6.21 Å². The summed E-state index contributed by atoms with van der Waals surface area (Å²) in [6.07, 6.45) is 1.71. The third-order valence-electron chi connectivity index (χ3n) is 2.07. The third kappa shape index (κ3) is 5.49. The molecule has 0 saturated heterocycles. The van der Waals surface area contributed by atoms with Gasteiger partial charge in [-0.15, -0.1) is 0 Å². The van der Waals surface area contributed by atoms with Crippen LogP contribution < -0.4 is 20.6 Å². The standard InChI is InChI=1S/C13H18IN3O2S/c1-4-18-11-6-9(7-16-17-13(15)20)5-10(14)12(11)19-8(2)3/h5-8H,4H2,1-3H3,(H3,15,17,20). The highest BCUT2D eigenvalue weighted by molar-refractivity contribution is 14.1. The smallest absolute Gasteiger partial charge is 0.184 e. The summed E-state index contributed by atoms with van der Waals surface area (Å²) in [5, 5.41) is 4.06. The molecule has 0 aliphatic heterocycles. The number of nitrogens with zero attached hydrogens (tertiary/aromatic N) is 1. The van der Waals surface area contributed by atoms with Crippen molar-refractivity contribution in [2.75, 3.05) is 6.61 Å². The lowest BCUT2D eigenvalue weighted by molar-refractivity contribution is 0.222. The molecule has 0 fully saturated rings. The van der Waals surface area contributed by atoms with Gasteiger partial charge in [0.1, 0.15) is 0 Å². The molecule has 0 aliphatic rings. The van der Waals surface area contributed by atoms with Gasteiger partial charge in [0.25, 0.3) is 0 Å². The summed E-state index contributed by atoms with van der Waals surface area (Å²) >= 11 is 6.89. The van der Waals surface area contributed by atoms with Crippen molar-refractivity contribution in [3.63, 3.8) is 0 Å². The molecule has 0 amide bonds. The molecule has 1 aromatic rings. The van der Waals surface area contributed by atoms with Crippen molar-refractivity contribution >= 4 is 46.1 Å². The van der Waals surface area contributed by atoms with Gasteiger partial charge in [-0.2, -0.15) is 5.10 Å². The van der Waals surface area contributed by atoms with E-state index in [4.69, 9.17) is 15.2 Å². The predicted octanol–water partition coefficient (Wildman–Crippen LogP) is 2.64. The van der Waals surface area contributed by atoms with Gasteiger partial charge in [0.05, 0.1) is 22.5 Å². The van der Waals surface area contributed by atoms with Gasteiger partial charge in [0, 0.05) is 0 Å². The van der Waals surface area contributed by atoms with E-state index in [0.717, 1.165) is 14.9 Å². The zero-order valence-electron chi connectivity index (χ0n) is 11.6. The number of ether oxygens (including phenoxy) is 2. The van der Waals surface area contributed by atoms with Crippen molar-refractivity contribution in [1.29, 1.82) is 0 Å². The normalized spacial score (nSPS) is 10.8. The maximum absolute atomic E-state index is 5.79. The number of hydrogen-bond acceptors (Lipinski definition) is 4. The Balaban J connectivity index is 3.05. The fourth-order valence-corrected chi connectivity index (χ4v) is 2.25. The minimum absolute atomic E-state index is 0.0820. The molecule has 0 bridgehead atoms. The molecule has 1 aromatic carbocycles. The topological polar surface area (TPSA) is 68.9 Å². The molecule has 3 N–H and O–H groups in total. The number of nitrogens with two attached hydrogens (primary N) is 1. The van der Waals surface area contributed by atoms with Crippen molar-refractivity contribution in [1.82, 2.24) is 5.43 Å². The van der Waals surface area contributed by atoms with Gasteiger partial charge in [-0.3, -0.25) is 5.43 Å². The van der Waals surface area contributed by atoms with E-state index in [9.17, 15) is 0 Å². The van der Waals surface area contributed by atoms with Gasteiger partial charge < -0.3 is 15.2 Å². The average molecular weight is 407 g/mol. The second kappa shape index (κ2) is 8.25. The van der Waals surface area contributed by atoms with Crippen LogP contribution in [0, 0.1) is 3.57 Å². The number of hydrazone groups is 1. The molecule has 110 valence electrons. The lowest BCUT2D eigenvalue weighted by Gasteiger charge is -2.16. The molecular weight excluding hydrogens is 389 g/mol. The minimum Gasteiger partial charge on any atom is -0.490 e. The predicted molar refractivity (Wildman–Crippen MR) is 93.6 cm³/mol. The Labute approximate surface area is 138 Å². The molecule has 7 heteroatoms. The van der Waals surface area contributed by atoms with E-state index in [1.807, 2.05) is 32.9 Å². The number of nitrogens with one attached hydrogen (secondary N) is 1. The lowest BCUT2D eigenvalue weighted by Crippen LogP contribution is -2.24. The van der Waals surface area contributed by atoms with E-state index >= 15 is 0 Å². The maximum atomic E-state index is 5.79. The van der Waals surface area contributed by atoms with E-state index < -0.39 is 0 Å². The minimum atomic E-state index is 0.0820. The van der Waals surface area contributed by atoms with E-state index in [-0.39, 0.29) is 11.2 Å². The number of rotatable bonds is 6. The van der Waals surface area contributed by atoms with Gasteiger partial charge in [0.2, 0.25) is 0 Å². The fraction of sp³-hybridized carbons (Fsp3) is 0.385. The molecule has 1 rings (SSSR count). The van der Waals surface area contributed by atoms with Crippen molar-refractivity contribution in [2.24, 2.45) is 10.8 Å². The van der Waals surface area contributed by atoms with Crippen LogP contribution in [0.15, 0.2) is 17.2 Å². The Morgan fingerprint density at radius 1 is 1.55 bits per heavy atom. The Hall–Kier alpha value is -1.09. The fourth-order valence-electron chi connectivity index (χ4n) is 1.45. The van der Waals surface area contributed by atoms with Crippen LogP contribution in [0.1, 0.15) is 26.3 Å². The summed E-state index contributed by atoms with van der Waals surface area (Å²) in [6.45, 7) is 6.46. The maximum Gasteiger partial charge on any atom is 0.184 e. The van der Waals surface area contributed by atoms with E-state index in [2.05, 4.69) is 45.3 Å². The molecule has 0 unspecified atom stereocenters. The summed E-state index contributed by atoms with van der Waals surface area (Å²) in [6, 6.07) is 3.82. The zero-order valence-corrected chi connectivity index (χ0v) is 14.6. The number of thiocarbonyl (C=S) groups is 1. The lowest BCUT2D eigenvalue weighted by atomic mass is 10.2. The van der Waals surface area contributed by atoms with Gasteiger partial charge >= 0.3 is 0 Å². The van der Waals surface area contributed by atoms with Crippen LogP contribution in [0.4, 0.5) is 0 Å².